The number of ether oxygens (including phenoxy) is 2. The highest BCUT2D eigenvalue weighted by atomic mass is 16.5. The fraction of sp³-hybridized carbons (Fsp3) is 0.0800. The molecule has 0 unspecified atom stereocenters. The number of aromatic nitrogens is 1. The van der Waals surface area contributed by atoms with Crippen molar-refractivity contribution in [3.63, 3.8) is 0 Å². The second-order valence-corrected chi connectivity index (χ2v) is 6.93. The van der Waals surface area contributed by atoms with E-state index in [0.717, 1.165) is 5.56 Å². The van der Waals surface area contributed by atoms with Gasteiger partial charge in [-0.25, -0.2) is 10.4 Å². The van der Waals surface area contributed by atoms with Crippen LogP contribution in [-0.4, -0.2) is 36.4 Å². The summed E-state index contributed by atoms with van der Waals surface area (Å²) in [5.74, 6) is 0.588. The van der Waals surface area contributed by atoms with E-state index in [-0.39, 0.29) is 11.7 Å². The molecule has 4 aromatic rings. The number of carbonyl (C=O) groups excluding carboxylic acids is 1. The van der Waals surface area contributed by atoms with Gasteiger partial charge in [0.1, 0.15) is 5.75 Å². The zero-order chi connectivity index (χ0) is 22.5. The molecule has 0 saturated heterocycles. The quantitative estimate of drug-likeness (QED) is 0.352. The van der Waals surface area contributed by atoms with Gasteiger partial charge in [0.15, 0.2) is 11.5 Å². The molecule has 0 saturated carbocycles. The van der Waals surface area contributed by atoms with Crippen LogP contribution in [0.2, 0.25) is 0 Å². The van der Waals surface area contributed by atoms with Crippen LogP contribution in [0.3, 0.4) is 0 Å². The van der Waals surface area contributed by atoms with Crippen molar-refractivity contribution < 1.29 is 19.4 Å². The number of pyridine rings is 1. The number of methoxy groups -OCH3 is 2. The van der Waals surface area contributed by atoms with E-state index in [2.05, 4.69) is 10.5 Å². The van der Waals surface area contributed by atoms with E-state index < -0.39 is 0 Å². The average Bonchev–Trinajstić information content (AvgIpc) is 2.84. The van der Waals surface area contributed by atoms with Gasteiger partial charge in [-0.2, -0.15) is 5.10 Å². The maximum atomic E-state index is 13.1. The Hall–Kier alpha value is -4.39. The Balaban J connectivity index is 1.69. The first-order valence-corrected chi connectivity index (χ1v) is 9.83. The first-order chi connectivity index (χ1) is 15.6. The third-order valence-electron chi connectivity index (χ3n) is 4.91. The van der Waals surface area contributed by atoms with Crippen molar-refractivity contribution in [1.82, 2.24) is 10.4 Å². The van der Waals surface area contributed by atoms with Gasteiger partial charge >= 0.3 is 0 Å². The zero-order valence-electron chi connectivity index (χ0n) is 17.6. The summed E-state index contributed by atoms with van der Waals surface area (Å²) in [6, 6.07) is 21.6. The van der Waals surface area contributed by atoms with Gasteiger partial charge in [-0.05, 0) is 48.0 Å². The van der Waals surface area contributed by atoms with E-state index in [1.165, 1.54) is 19.4 Å². The highest BCUT2D eigenvalue weighted by Crippen LogP contribution is 2.28. The molecule has 0 aliphatic heterocycles. The molecule has 1 heterocycles. The first-order valence-electron chi connectivity index (χ1n) is 9.83. The molecule has 0 bridgehead atoms. The summed E-state index contributed by atoms with van der Waals surface area (Å²) in [6.07, 6.45) is 1.47. The largest absolute Gasteiger partial charge is 0.504 e. The zero-order valence-corrected chi connectivity index (χ0v) is 17.6. The molecular weight excluding hydrogens is 406 g/mol. The molecule has 0 spiro atoms. The first kappa shape index (κ1) is 20.9. The Morgan fingerprint density at radius 2 is 1.81 bits per heavy atom. The van der Waals surface area contributed by atoms with Gasteiger partial charge in [0, 0.05) is 10.9 Å². The van der Waals surface area contributed by atoms with Crippen molar-refractivity contribution in [3.05, 3.63) is 83.9 Å². The standard InChI is InChI=1S/C25H21N3O4/c1-31-18-9-10-21-19(13-18)20(14-22(27-21)17-6-4-3-5-7-17)25(30)28-26-15-16-8-11-23(29)24(12-16)32-2/h3-15,29H,1-2H3,(H,28,30)/b26-15+. The maximum absolute atomic E-state index is 13.1. The van der Waals surface area contributed by atoms with Crippen molar-refractivity contribution >= 4 is 23.0 Å². The molecule has 0 atom stereocenters. The normalized spacial score (nSPS) is 10.9. The van der Waals surface area contributed by atoms with E-state index in [4.69, 9.17) is 14.5 Å². The molecule has 3 aromatic carbocycles. The third-order valence-corrected chi connectivity index (χ3v) is 4.91. The molecule has 0 fully saturated rings. The van der Waals surface area contributed by atoms with Gasteiger partial charge in [0.25, 0.3) is 5.91 Å². The molecule has 4 rings (SSSR count). The number of nitrogens with one attached hydrogen (secondary N) is 1. The van der Waals surface area contributed by atoms with Crippen LogP contribution < -0.4 is 14.9 Å². The lowest BCUT2D eigenvalue weighted by Gasteiger charge is -2.10. The Kier molecular flexibility index (Phi) is 5.98. The van der Waals surface area contributed by atoms with E-state index in [0.29, 0.717) is 39.2 Å². The van der Waals surface area contributed by atoms with Crippen LogP contribution >= 0.6 is 0 Å². The Morgan fingerprint density at radius 1 is 1.00 bits per heavy atom. The number of phenolic OH excluding ortho intramolecular Hbond substituents is 1. The van der Waals surface area contributed by atoms with Crippen LogP contribution in [0.4, 0.5) is 0 Å². The van der Waals surface area contributed by atoms with Crippen molar-refractivity contribution in [3.8, 4) is 28.5 Å². The SMILES string of the molecule is COc1ccc2nc(-c3ccccc3)cc(C(=O)N/N=C/c3ccc(O)c(OC)c3)c2c1. The number of carbonyl (C=O) groups is 1. The number of hydrogen-bond donors (Lipinski definition) is 2. The minimum atomic E-state index is -0.384. The number of hydrazone groups is 1. The lowest BCUT2D eigenvalue weighted by atomic mass is 10.0. The summed E-state index contributed by atoms with van der Waals surface area (Å²) in [7, 11) is 3.04. The molecule has 0 aliphatic rings. The molecule has 7 heteroatoms. The van der Waals surface area contributed by atoms with E-state index in [1.807, 2.05) is 42.5 Å². The summed E-state index contributed by atoms with van der Waals surface area (Å²) in [4.78, 5) is 17.8. The van der Waals surface area contributed by atoms with Crippen molar-refractivity contribution in [1.29, 1.82) is 0 Å². The second kappa shape index (κ2) is 9.18. The van der Waals surface area contributed by atoms with Gasteiger partial charge in [0.2, 0.25) is 0 Å². The number of rotatable bonds is 6. The summed E-state index contributed by atoms with van der Waals surface area (Å²) in [5.41, 5.74) is 5.90. The molecule has 1 aromatic heterocycles. The molecule has 160 valence electrons. The molecular formula is C25H21N3O4. The van der Waals surface area contributed by atoms with Gasteiger partial charge in [-0.3, -0.25) is 4.79 Å². The van der Waals surface area contributed by atoms with E-state index >= 15 is 0 Å². The number of fused-ring (bicyclic) bond motifs is 1. The fourth-order valence-corrected chi connectivity index (χ4v) is 3.28. The number of amides is 1. The van der Waals surface area contributed by atoms with Crippen LogP contribution in [0, 0.1) is 0 Å². The average molecular weight is 427 g/mol. The van der Waals surface area contributed by atoms with Crippen molar-refractivity contribution in [2.24, 2.45) is 5.10 Å². The summed E-state index contributed by atoms with van der Waals surface area (Å²) in [6.45, 7) is 0. The van der Waals surface area contributed by atoms with Crippen LogP contribution in [-0.2, 0) is 0 Å². The van der Waals surface area contributed by atoms with Gasteiger partial charge in [-0.1, -0.05) is 30.3 Å². The van der Waals surface area contributed by atoms with Crippen molar-refractivity contribution in [2.75, 3.05) is 14.2 Å². The monoisotopic (exact) mass is 427 g/mol. The molecule has 0 radical (unpaired) electrons. The van der Waals surface area contributed by atoms with Crippen LogP contribution in [0.15, 0.2) is 77.9 Å². The lowest BCUT2D eigenvalue weighted by Crippen LogP contribution is -2.18. The van der Waals surface area contributed by atoms with E-state index in [9.17, 15) is 9.90 Å². The van der Waals surface area contributed by atoms with Gasteiger partial charge in [0.05, 0.1) is 37.2 Å². The number of phenols is 1. The maximum Gasteiger partial charge on any atom is 0.272 e. The van der Waals surface area contributed by atoms with Gasteiger partial charge < -0.3 is 14.6 Å². The molecule has 2 N–H and O–H groups in total. The van der Waals surface area contributed by atoms with Crippen LogP contribution in [0.5, 0.6) is 17.2 Å². The van der Waals surface area contributed by atoms with Gasteiger partial charge in [-0.15, -0.1) is 0 Å². The number of aromatic hydroxyl groups is 1. The number of hydrogen-bond acceptors (Lipinski definition) is 6. The Labute approximate surface area is 185 Å². The summed E-state index contributed by atoms with van der Waals surface area (Å²) in [5, 5.41) is 14.4. The minimum Gasteiger partial charge on any atom is -0.504 e. The minimum absolute atomic E-state index is 0.0272. The second-order valence-electron chi connectivity index (χ2n) is 6.93. The highest BCUT2D eigenvalue weighted by molar-refractivity contribution is 6.07. The number of nitrogens with zero attached hydrogens (tertiary/aromatic N) is 2. The topological polar surface area (TPSA) is 93.0 Å². The Bertz CT molecular complexity index is 1300. The van der Waals surface area contributed by atoms with Crippen LogP contribution in [0.25, 0.3) is 22.2 Å². The predicted octanol–water partition coefficient (Wildman–Crippen LogP) is 4.39. The lowest BCUT2D eigenvalue weighted by molar-refractivity contribution is 0.0956. The highest BCUT2D eigenvalue weighted by Gasteiger charge is 2.14. The van der Waals surface area contributed by atoms with Crippen molar-refractivity contribution in [2.45, 2.75) is 0 Å². The van der Waals surface area contributed by atoms with Crippen LogP contribution in [0.1, 0.15) is 15.9 Å². The predicted molar refractivity (Wildman–Crippen MR) is 123 cm³/mol. The third kappa shape index (κ3) is 4.37. The summed E-state index contributed by atoms with van der Waals surface area (Å²) >= 11 is 0. The van der Waals surface area contributed by atoms with E-state index in [1.54, 1.807) is 31.4 Å². The molecule has 1 amide bonds. The molecule has 32 heavy (non-hydrogen) atoms. The smallest absolute Gasteiger partial charge is 0.272 e. The Morgan fingerprint density at radius 3 is 2.56 bits per heavy atom. The molecule has 0 aliphatic carbocycles. The fourth-order valence-electron chi connectivity index (χ4n) is 3.28. The number of benzene rings is 3. The molecule has 7 nitrogen and oxygen atoms in total. The summed E-state index contributed by atoms with van der Waals surface area (Å²) < 4.78 is 10.4.